The average molecular weight is 429 g/mol. The van der Waals surface area contributed by atoms with E-state index in [-0.39, 0.29) is 6.54 Å². The monoisotopic (exact) mass is 429 g/mol. The predicted octanol–water partition coefficient (Wildman–Crippen LogP) is -0.129. The second-order valence-corrected chi connectivity index (χ2v) is 7.21. The molecule has 1 aliphatic heterocycles. The Morgan fingerprint density at radius 3 is 2.55 bits per heavy atom. The third-order valence-corrected chi connectivity index (χ3v) is 5.18. The van der Waals surface area contributed by atoms with Gasteiger partial charge >= 0.3 is 5.69 Å². The molecule has 3 N–H and O–H groups in total. The molecule has 0 saturated carbocycles. The maximum atomic E-state index is 13.5. The van der Waals surface area contributed by atoms with Crippen molar-refractivity contribution in [1.82, 2.24) is 14.1 Å². The van der Waals surface area contributed by atoms with E-state index in [2.05, 4.69) is 4.98 Å². The van der Waals surface area contributed by atoms with Gasteiger partial charge in [-0.05, 0) is 35.4 Å². The van der Waals surface area contributed by atoms with E-state index < -0.39 is 48.2 Å². The molecule has 1 unspecified atom stereocenters. The summed E-state index contributed by atoms with van der Waals surface area (Å²) in [5, 5.41) is 29.4. The molecular weight excluding hydrogens is 409 g/mol. The molecule has 3 heterocycles. The molecule has 1 aromatic carbocycles. The first-order valence-electron chi connectivity index (χ1n) is 9.54. The Balaban J connectivity index is 1.67. The summed E-state index contributed by atoms with van der Waals surface area (Å²) in [6.45, 7) is -0.712. The first-order valence-corrected chi connectivity index (χ1v) is 9.54. The van der Waals surface area contributed by atoms with Crippen LogP contribution in [-0.4, -0.2) is 54.4 Å². The van der Waals surface area contributed by atoms with Crippen molar-refractivity contribution in [3.8, 4) is 11.1 Å². The van der Waals surface area contributed by atoms with Crippen molar-refractivity contribution in [2.24, 2.45) is 0 Å². The molecule has 0 aliphatic carbocycles. The highest BCUT2D eigenvalue weighted by Crippen LogP contribution is 2.28. The van der Waals surface area contributed by atoms with Crippen LogP contribution in [0.1, 0.15) is 11.9 Å². The number of rotatable bonds is 5. The van der Waals surface area contributed by atoms with Gasteiger partial charge in [0.25, 0.3) is 5.56 Å². The summed E-state index contributed by atoms with van der Waals surface area (Å²) in [6.07, 6.45) is -2.51. The van der Waals surface area contributed by atoms with E-state index in [9.17, 15) is 29.3 Å². The van der Waals surface area contributed by atoms with Gasteiger partial charge in [0.05, 0.1) is 18.8 Å². The lowest BCUT2D eigenvalue weighted by Crippen LogP contribution is -2.43. The van der Waals surface area contributed by atoms with Gasteiger partial charge < -0.3 is 20.1 Å². The van der Waals surface area contributed by atoms with Crippen molar-refractivity contribution in [3.63, 3.8) is 0 Å². The van der Waals surface area contributed by atoms with Crippen LogP contribution in [0.25, 0.3) is 11.1 Å². The SMILES string of the molecule is O=c1ccn([C@@H]2O[C@H](CO)[C@H](O)C2O)c(=O)n1Cc1cc(-c2cccc(F)c2)ccn1. The van der Waals surface area contributed by atoms with Crippen LogP contribution in [0.3, 0.4) is 0 Å². The fourth-order valence-electron chi connectivity index (χ4n) is 3.55. The lowest BCUT2D eigenvalue weighted by atomic mass is 10.1. The standard InChI is InChI=1S/C21H20FN3O6/c22-14-3-1-2-12(8-14)13-4-6-23-15(9-13)10-25-17(27)5-7-24(21(25)30)20-19(29)18(28)16(11-26)31-20/h1-9,16,18-20,26,28-29H,10-11H2/t16-,18+,19?,20-/m1/s1. The van der Waals surface area contributed by atoms with Crippen molar-refractivity contribution in [2.75, 3.05) is 6.61 Å². The van der Waals surface area contributed by atoms with Gasteiger partial charge in [-0.3, -0.25) is 18.9 Å². The van der Waals surface area contributed by atoms with Crippen LogP contribution >= 0.6 is 0 Å². The molecule has 10 heteroatoms. The zero-order chi connectivity index (χ0) is 22.1. The number of halogens is 1. The van der Waals surface area contributed by atoms with Crippen LogP contribution in [0.4, 0.5) is 4.39 Å². The maximum absolute atomic E-state index is 13.5. The number of ether oxygens (including phenoxy) is 1. The van der Waals surface area contributed by atoms with E-state index in [4.69, 9.17) is 4.74 Å². The molecule has 0 spiro atoms. The minimum absolute atomic E-state index is 0.170. The number of hydrogen-bond acceptors (Lipinski definition) is 7. The number of hydrogen-bond donors (Lipinski definition) is 3. The van der Waals surface area contributed by atoms with Gasteiger partial charge in [-0.2, -0.15) is 0 Å². The normalized spacial score (nSPS) is 23.2. The third kappa shape index (κ3) is 4.06. The van der Waals surface area contributed by atoms with Gasteiger partial charge in [0.15, 0.2) is 6.23 Å². The quantitative estimate of drug-likeness (QED) is 0.516. The van der Waals surface area contributed by atoms with Crippen LogP contribution in [0.15, 0.2) is 64.4 Å². The molecule has 4 atom stereocenters. The Kier molecular flexibility index (Phi) is 5.79. The van der Waals surface area contributed by atoms with Gasteiger partial charge in [-0.15, -0.1) is 0 Å². The van der Waals surface area contributed by atoms with E-state index in [0.717, 1.165) is 21.4 Å². The van der Waals surface area contributed by atoms with E-state index in [0.29, 0.717) is 16.8 Å². The number of aliphatic hydroxyl groups is 3. The smallest absolute Gasteiger partial charge is 0.333 e. The molecule has 9 nitrogen and oxygen atoms in total. The van der Waals surface area contributed by atoms with Crippen molar-refractivity contribution in [3.05, 3.63) is 87.2 Å². The van der Waals surface area contributed by atoms with Crippen molar-refractivity contribution in [1.29, 1.82) is 0 Å². The summed E-state index contributed by atoms with van der Waals surface area (Å²) in [7, 11) is 0. The van der Waals surface area contributed by atoms with E-state index in [1.165, 1.54) is 18.3 Å². The second kappa shape index (κ2) is 8.52. The van der Waals surface area contributed by atoms with E-state index >= 15 is 0 Å². The van der Waals surface area contributed by atoms with Crippen LogP contribution in [0.5, 0.6) is 0 Å². The molecule has 3 aromatic rings. The molecular formula is C21H20FN3O6. The highest BCUT2D eigenvalue weighted by atomic mass is 19.1. The Morgan fingerprint density at radius 2 is 1.84 bits per heavy atom. The first-order chi connectivity index (χ1) is 14.9. The number of aliphatic hydroxyl groups excluding tert-OH is 3. The van der Waals surface area contributed by atoms with Crippen molar-refractivity contribution in [2.45, 2.75) is 31.1 Å². The summed E-state index contributed by atoms with van der Waals surface area (Å²) < 4.78 is 20.8. The Hall–Kier alpha value is -3.18. The number of pyridine rings is 1. The highest BCUT2D eigenvalue weighted by Gasteiger charge is 2.43. The molecule has 31 heavy (non-hydrogen) atoms. The molecule has 2 aromatic heterocycles. The molecule has 0 amide bonds. The number of aromatic nitrogens is 3. The van der Waals surface area contributed by atoms with Crippen LogP contribution in [-0.2, 0) is 11.3 Å². The van der Waals surface area contributed by atoms with Gasteiger partial charge in [-0.25, -0.2) is 9.18 Å². The van der Waals surface area contributed by atoms with Crippen LogP contribution < -0.4 is 11.2 Å². The zero-order valence-electron chi connectivity index (χ0n) is 16.2. The average Bonchev–Trinajstić information content (AvgIpc) is 3.05. The third-order valence-electron chi connectivity index (χ3n) is 5.18. The van der Waals surface area contributed by atoms with Gasteiger partial charge in [0.1, 0.15) is 24.1 Å². The lowest BCUT2D eigenvalue weighted by Gasteiger charge is -2.18. The van der Waals surface area contributed by atoms with Crippen LogP contribution in [0, 0.1) is 5.82 Å². The van der Waals surface area contributed by atoms with Gasteiger partial charge in [0.2, 0.25) is 0 Å². The van der Waals surface area contributed by atoms with E-state index in [1.54, 1.807) is 24.3 Å². The second-order valence-electron chi connectivity index (χ2n) is 7.21. The van der Waals surface area contributed by atoms with E-state index in [1.807, 2.05) is 0 Å². The summed E-state index contributed by atoms with van der Waals surface area (Å²) in [5.74, 6) is -0.392. The van der Waals surface area contributed by atoms with Crippen molar-refractivity contribution < 1.29 is 24.4 Å². The van der Waals surface area contributed by atoms with Crippen molar-refractivity contribution >= 4 is 0 Å². The number of nitrogens with zero attached hydrogens (tertiary/aromatic N) is 3. The summed E-state index contributed by atoms with van der Waals surface area (Å²) in [6, 6.07) is 10.5. The summed E-state index contributed by atoms with van der Waals surface area (Å²) in [5.41, 5.74) is 0.302. The fourth-order valence-corrected chi connectivity index (χ4v) is 3.55. The first kappa shape index (κ1) is 21.1. The molecule has 1 aliphatic rings. The van der Waals surface area contributed by atoms with Crippen LogP contribution in [0.2, 0.25) is 0 Å². The Labute approximate surface area is 175 Å². The zero-order valence-corrected chi connectivity index (χ0v) is 16.2. The molecule has 1 fully saturated rings. The minimum atomic E-state index is -1.46. The Bertz CT molecular complexity index is 1210. The topological polar surface area (TPSA) is 127 Å². The lowest BCUT2D eigenvalue weighted by molar-refractivity contribution is -0.0555. The number of benzene rings is 1. The molecule has 0 radical (unpaired) electrons. The maximum Gasteiger partial charge on any atom is 0.333 e. The minimum Gasteiger partial charge on any atom is -0.394 e. The van der Waals surface area contributed by atoms with Gasteiger partial charge in [0, 0.05) is 18.5 Å². The van der Waals surface area contributed by atoms with Gasteiger partial charge in [-0.1, -0.05) is 12.1 Å². The molecule has 162 valence electrons. The summed E-state index contributed by atoms with van der Waals surface area (Å²) in [4.78, 5) is 29.5. The fraction of sp³-hybridized carbons (Fsp3) is 0.286. The largest absolute Gasteiger partial charge is 0.394 e. The highest BCUT2D eigenvalue weighted by molar-refractivity contribution is 5.63. The summed E-state index contributed by atoms with van der Waals surface area (Å²) >= 11 is 0. The Morgan fingerprint density at radius 1 is 1.06 bits per heavy atom. The predicted molar refractivity (Wildman–Crippen MR) is 107 cm³/mol. The molecule has 1 saturated heterocycles. The molecule has 0 bridgehead atoms. The molecule has 4 rings (SSSR count).